The van der Waals surface area contributed by atoms with Crippen LogP contribution >= 0.6 is 0 Å². The van der Waals surface area contributed by atoms with E-state index in [2.05, 4.69) is 17.4 Å². The highest BCUT2D eigenvalue weighted by atomic mass is 16.5. The van der Waals surface area contributed by atoms with E-state index in [9.17, 15) is 0 Å². The molecule has 0 aromatic heterocycles. The van der Waals surface area contributed by atoms with Crippen LogP contribution < -0.4 is 10.1 Å². The molecule has 2 unspecified atom stereocenters. The normalized spacial score (nSPS) is 22.5. The van der Waals surface area contributed by atoms with Crippen LogP contribution in [0.1, 0.15) is 17.9 Å². The molecule has 0 saturated heterocycles. The first kappa shape index (κ1) is 12.4. The molecule has 0 spiro atoms. The van der Waals surface area contributed by atoms with Crippen molar-refractivity contribution in [3.05, 3.63) is 29.8 Å². The first-order valence-corrected chi connectivity index (χ1v) is 6.18. The Labute approximate surface area is 103 Å². The zero-order valence-corrected chi connectivity index (χ0v) is 10.6. The lowest BCUT2D eigenvalue weighted by atomic mass is 10.1. The van der Waals surface area contributed by atoms with Crippen LogP contribution in [0.3, 0.4) is 0 Å². The molecule has 1 aliphatic rings. The first-order valence-electron chi connectivity index (χ1n) is 6.18. The van der Waals surface area contributed by atoms with E-state index in [0.717, 1.165) is 37.3 Å². The molecule has 0 radical (unpaired) electrons. The van der Waals surface area contributed by atoms with Crippen molar-refractivity contribution < 1.29 is 9.47 Å². The van der Waals surface area contributed by atoms with E-state index >= 15 is 0 Å². The summed E-state index contributed by atoms with van der Waals surface area (Å²) in [6.45, 7) is 2.84. The first-order chi connectivity index (χ1) is 8.35. The Hall–Kier alpha value is -1.06. The van der Waals surface area contributed by atoms with Gasteiger partial charge in [0.05, 0.1) is 13.7 Å². The van der Waals surface area contributed by atoms with Crippen LogP contribution in [0.25, 0.3) is 0 Å². The maximum Gasteiger partial charge on any atom is 0.118 e. The SMILES string of the molecule is COCCNCC1CC1c1ccc(OC)cc1. The zero-order valence-electron chi connectivity index (χ0n) is 10.6. The third kappa shape index (κ3) is 3.45. The number of benzene rings is 1. The van der Waals surface area contributed by atoms with Crippen LogP contribution in [0.5, 0.6) is 5.75 Å². The second-order valence-corrected chi connectivity index (χ2v) is 4.57. The summed E-state index contributed by atoms with van der Waals surface area (Å²) in [5.41, 5.74) is 1.43. The van der Waals surface area contributed by atoms with Gasteiger partial charge in [-0.25, -0.2) is 0 Å². The van der Waals surface area contributed by atoms with Crippen LogP contribution in [-0.2, 0) is 4.74 Å². The summed E-state index contributed by atoms with van der Waals surface area (Å²) in [4.78, 5) is 0. The van der Waals surface area contributed by atoms with Gasteiger partial charge in [-0.15, -0.1) is 0 Å². The Bertz CT molecular complexity index is 337. The van der Waals surface area contributed by atoms with Crippen molar-refractivity contribution >= 4 is 0 Å². The lowest BCUT2D eigenvalue weighted by Crippen LogP contribution is -2.21. The number of methoxy groups -OCH3 is 2. The van der Waals surface area contributed by atoms with Crippen molar-refractivity contribution in [2.75, 3.05) is 33.9 Å². The molecule has 3 nitrogen and oxygen atoms in total. The molecule has 0 heterocycles. The van der Waals surface area contributed by atoms with E-state index in [-0.39, 0.29) is 0 Å². The second kappa shape index (κ2) is 6.03. The van der Waals surface area contributed by atoms with E-state index in [1.807, 2.05) is 12.1 Å². The molecule has 17 heavy (non-hydrogen) atoms. The van der Waals surface area contributed by atoms with E-state index in [1.165, 1.54) is 12.0 Å². The van der Waals surface area contributed by atoms with E-state index in [1.54, 1.807) is 14.2 Å². The predicted molar refractivity (Wildman–Crippen MR) is 68.6 cm³/mol. The van der Waals surface area contributed by atoms with Crippen molar-refractivity contribution in [1.29, 1.82) is 0 Å². The Kier molecular flexibility index (Phi) is 4.40. The van der Waals surface area contributed by atoms with Crippen molar-refractivity contribution in [2.45, 2.75) is 12.3 Å². The van der Waals surface area contributed by atoms with Crippen molar-refractivity contribution in [1.82, 2.24) is 5.32 Å². The lowest BCUT2D eigenvalue weighted by molar-refractivity contribution is 0.199. The van der Waals surface area contributed by atoms with Gasteiger partial charge in [0.15, 0.2) is 0 Å². The minimum atomic E-state index is 0.732. The Morgan fingerprint density at radius 2 is 2.00 bits per heavy atom. The summed E-state index contributed by atoms with van der Waals surface area (Å²) in [6, 6.07) is 8.45. The van der Waals surface area contributed by atoms with Gasteiger partial charge in [0.25, 0.3) is 0 Å². The van der Waals surface area contributed by atoms with E-state index in [0.29, 0.717) is 0 Å². The summed E-state index contributed by atoms with van der Waals surface area (Å²) < 4.78 is 10.2. The third-order valence-corrected chi connectivity index (χ3v) is 3.36. The molecule has 0 amide bonds. The summed E-state index contributed by atoms with van der Waals surface area (Å²) >= 11 is 0. The summed E-state index contributed by atoms with van der Waals surface area (Å²) in [5, 5.41) is 3.42. The van der Waals surface area contributed by atoms with Gasteiger partial charge in [-0.1, -0.05) is 12.1 Å². The van der Waals surface area contributed by atoms with Gasteiger partial charge < -0.3 is 14.8 Å². The zero-order chi connectivity index (χ0) is 12.1. The Balaban J connectivity index is 1.73. The fourth-order valence-corrected chi connectivity index (χ4v) is 2.19. The molecule has 2 rings (SSSR count). The van der Waals surface area contributed by atoms with Crippen LogP contribution in [0.15, 0.2) is 24.3 Å². The van der Waals surface area contributed by atoms with Crippen LogP contribution in [0.4, 0.5) is 0 Å². The second-order valence-electron chi connectivity index (χ2n) is 4.57. The fraction of sp³-hybridized carbons (Fsp3) is 0.571. The molecule has 1 aromatic rings. The maximum absolute atomic E-state index is 5.16. The van der Waals surface area contributed by atoms with Gasteiger partial charge in [-0.3, -0.25) is 0 Å². The predicted octanol–water partition coefficient (Wildman–Crippen LogP) is 2.03. The van der Waals surface area contributed by atoms with Gasteiger partial charge >= 0.3 is 0 Å². The van der Waals surface area contributed by atoms with Crippen molar-refractivity contribution in [3.8, 4) is 5.75 Å². The van der Waals surface area contributed by atoms with Crippen LogP contribution in [0.2, 0.25) is 0 Å². The van der Waals surface area contributed by atoms with Gasteiger partial charge in [0, 0.05) is 13.7 Å². The van der Waals surface area contributed by atoms with E-state index in [4.69, 9.17) is 9.47 Å². The highest BCUT2D eigenvalue weighted by Crippen LogP contribution is 2.47. The van der Waals surface area contributed by atoms with Gasteiger partial charge in [-0.05, 0) is 42.5 Å². The number of ether oxygens (including phenoxy) is 2. The smallest absolute Gasteiger partial charge is 0.118 e. The lowest BCUT2D eigenvalue weighted by Gasteiger charge is -2.04. The van der Waals surface area contributed by atoms with Gasteiger partial charge in [0.1, 0.15) is 5.75 Å². The molecule has 1 saturated carbocycles. The highest BCUT2D eigenvalue weighted by molar-refractivity contribution is 5.32. The fourth-order valence-electron chi connectivity index (χ4n) is 2.19. The van der Waals surface area contributed by atoms with Gasteiger partial charge in [0.2, 0.25) is 0 Å². The number of nitrogens with one attached hydrogen (secondary N) is 1. The molecule has 1 N–H and O–H groups in total. The van der Waals surface area contributed by atoms with E-state index < -0.39 is 0 Å². The average Bonchev–Trinajstić information content (AvgIpc) is 3.14. The Morgan fingerprint density at radius 3 is 2.65 bits per heavy atom. The summed E-state index contributed by atoms with van der Waals surface area (Å²) in [5.74, 6) is 2.46. The largest absolute Gasteiger partial charge is 0.497 e. The molecule has 2 atom stereocenters. The monoisotopic (exact) mass is 235 g/mol. The van der Waals surface area contributed by atoms with Crippen LogP contribution in [0, 0.1) is 5.92 Å². The molecule has 94 valence electrons. The van der Waals surface area contributed by atoms with Crippen molar-refractivity contribution in [2.24, 2.45) is 5.92 Å². The summed E-state index contributed by atoms with van der Waals surface area (Å²) in [7, 11) is 3.44. The highest BCUT2D eigenvalue weighted by Gasteiger charge is 2.37. The minimum Gasteiger partial charge on any atom is -0.497 e. The molecule has 1 aromatic carbocycles. The maximum atomic E-state index is 5.16. The molecule has 0 aliphatic heterocycles. The number of hydrogen-bond acceptors (Lipinski definition) is 3. The molecular weight excluding hydrogens is 214 g/mol. The summed E-state index contributed by atoms with van der Waals surface area (Å²) in [6.07, 6.45) is 1.30. The Morgan fingerprint density at radius 1 is 1.24 bits per heavy atom. The standard InChI is InChI=1S/C14H21NO2/c1-16-8-7-15-10-12-9-14(12)11-3-5-13(17-2)6-4-11/h3-6,12,14-15H,7-10H2,1-2H3. The molecule has 3 heteroatoms. The molecular formula is C14H21NO2. The topological polar surface area (TPSA) is 30.5 Å². The van der Waals surface area contributed by atoms with Crippen LogP contribution in [-0.4, -0.2) is 33.9 Å². The molecule has 1 aliphatic carbocycles. The van der Waals surface area contributed by atoms with Crippen molar-refractivity contribution in [3.63, 3.8) is 0 Å². The molecule has 1 fully saturated rings. The van der Waals surface area contributed by atoms with Gasteiger partial charge in [-0.2, -0.15) is 0 Å². The number of rotatable bonds is 7. The number of hydrogen-bond donors (Lipinski definition) is 1. The average molecular weight is 235 g/mol. The molecule has 0 bridgehead atoms. The third-order valence-electron chi connectivity index (χ3n) is 3.36. The minimum absolute atomic E-state index is 0.732. The quantitative estimate of drug-likeness (QED) is 0.734.